The lowest BCUT2D eigenvalue weighted by Crippen LogP contribution is -2.28. The van der Waals surface area contributed by atoms with Crippen molar-refractivity contribution in [3.63, 3.8) is 0 Å². The zero-order chi connectivity index (χ0) is 19.1. The van der Waals surface area contributed by atoms with Crippen LogP contribution in [0.25, 0.3) is 0 Å². The number of anilines is 1. The van der Waals surface area contributed by atoms with E-state index in [9.17, 15) is 4.79 Å². The van der Waals surface area contributed by atoms with E-state index in [0.29, 0.717) is 6.54 Å². The first-order chi connectivity index (χ1) is 12.4. The predicted octanol–water partition coefficient (Wildman–Crippen LogP) is 4.15. The van der Waals surface area contributed by atoms with E-state index in [1.165, 1.54) is 11.3 Å². The molecular formula is C22H30N2O2. The van der Waals surface area contributed by atoms with Crippen LogP contribution < -0.4 is 15.0 Å². The molecule has 0 aliphatic carbocycles. The Morgan fingerprint density at radius 3 is 2.31 bits per heavy atom. The highest BCUT2D eigenvalue weighted by atomic mass is 16.5. The average molecular weight is 354 g/mol. The molecular weight excluding hydrogens is 324 g/mol. The summed E-state index contributed by atoms with van der Waals surface area (Å²) in [4.78, 5) is 14.4. The summed E-state index contributed by atoms with van der Waals surface area (Å²) in [7, 11) is 0. The van der Waals surface area contributed by atoms with Crippen LogP contribution in [0.4, 0.5) is 5.69 Å². The van der Waals surface area contributed by atoms with Gasteiger partial charge in [-0.1, -0.05) is 18.2 Å². The van der Waals surface area contributed by atoms with Gasteiger partial charge < -0.3 is 15.0 Å². The van der Waals surface area contributed by atoms with Crippen molar-refractivity contribution in [2.75, 3.05) is 24.6 Å². The van der Waals surface area contributed by atoms with Crippen LogP contribution in [0, 0.1) is 20.8 Å². The second-order valence-electron chi connectivity index (χ2n) is 6.61. The molecule has 1 amide bonds. The molecule has 140 valence electrons. The minimum Gasteiger partial charge on any atom is -0.483 e. The lowest BCUT2D eigenvalue weighted by Gasteiger charge is -2.21. The molecule has 0 radical (unpaired) electrons. The number of rotatable bonds is 8. The summed E-state index contributed by atoms with van der Waals surface area (Å²) < 4.78 is 5.71. The molecule has 0 spiro atoms. The Morgan fingerprint density at radius 2 is 1.69 bits per heavy atom. The van der Waals surface area contributed by atoms with Crippen molar-refractivity contribution >= 4 is 11.6 Å². The van der Waals surface area contributed by atoms with Gasteiger partial charge in [0.2, 0.25) is 0 Å². The second kappa shape index (κ2) is 9.27. The monoisotopic (exact) mass is 354 g/mol. The Labute approximate surface area is 157 Å². The van der Waals surface area contributed by atoms with Crippen molar-refractivity contribution in [3.05, 3.63) is 58.7 Å². The van der Waals surface area contributed by atoms with Gasteiger partial charge in [-0.2, -0.15) is 0 Å². The zero-order valence-electron chi connectivity index (χ0n) is 16.6. The number of carbonyl (C=O) groups excluding carboxylic acids is 1. The molecule has 0 saturated carbocycles. The maximum atomic E-state index is 12.1. The van der Waals surface area contributed by atoms with E-state index < -0.39 is 0 Å². The number of aryl methyl sites for hydroxylation is 2. The molecule has 0 aromatic heterocycles. The Hall–Kier alpha value is -2.49. The number of amides is 1. The Bertz CT molecular complexity index is 735. The number of carbonyl (C=O) groups is 1. The molecule has 0 bridgehead atoms. The molecule has 2 aromatic carbocycles. The van der Waals surface area contributed by atoms with Crippen molar-refractivity contribution in [1.82, 2.24) is 5.32 Å². The van der Waals surface area contributed by atoms with Gasteiger partial charge in [-0.3, -0.25) is 4.79 Å². The highest BCUT2D eigenvalue weighted by molar-refractivity contribution is 5.77. The molecule has 2 aromatic rings. The fraction of sp³-hybridized carbons (Fsp3) is 0.409. The summed E-state index contributed by atoms with van der Waals surface area (Å²) >= 11 is 0. The Balaban J connectivity index is 1.85. The lowest BCUT2D eigenvalue weighted by atomic mass is 10.1. The molecule has 0 saturated heterocycles. The van der Waals surface area contributed by atoms with E-state index in [1.807, 2.05) is 19.9 Å². The number of hydrogen-bond donors (Lipinski definition) is 1. The number of hydrogen-bond acceptors (Lipinski definition) is 3. The molecule has 0 unspecified atom stereocenters. The number of nitrogens with one attached hydrogen (secondary N) is 1. The van der Waals surface area contributed by atoms with Crippen LogP contribution in [0.15, 0.2) is 36.4 Å². The van der Waals surface area contributed by atoms with Gasteiger partial charge in [0.15, 0.2) is 6.61 Å². The SMILES string of the molecule is CCN(CC)c1ccc(CNC(=O)COc2cc(C)cc(C)c2C)cc1. The molecule has 1 N–H and O–H groups in total. The minimum absolute atomic E-state index is 0.0290. The Morgan fingerprint density at radius 1 is 1.04 bits per heavy atom. The summed E-state index contributed by atoms with van der Waals surface area (Å²) in [6, 6.07) is 12.4. The topological polar surface area (TPSA) is 41.6 Å². The van der Waals surface area contributed by atoms with Crippen LogP contribution in [0.5, 0.6) is 5.75 Å². The standard InChI is InChI=1S/C22H30N2O2/c1-6-24(7-2)20-10-8-19(9-11-20)14-23-22(25)15-26-21-13-16(3)12-17(4)18(21)5/h8-13H,6-7,14-15H2,1-5H3,(H,23,25). The molecule has 0 aliphatic heterocycles. The van der Waals surface area contributed by atoms with Gasteiger partial charge in [-0.15, -0.1) is 0 Å². The third-order valence-corrected chi connectivity index (χ3v) is 4.68. The number of benzene rings is 2. The highest BCUT2D eigenvalue weighted by Gasteiger charge is 2.08. The third kappa shape index (κ3) is 5.25. The second-order valence-corrected chi connectivity index (χ2v) is 6.61. The summed E-state index contributed by atoms with van der Waals surface area (Å²) in [5.74, 6) is 0.664. The first-order valence-electron chi connectivity index (χ1n) is 9.25. The molecule has 26 heavy (non-hydrogen) atoms. The van der Waals surface area contributed by atoms with Gasteiger partial charge in [-0.05, 0) is 75.1 Å². The molecule has 0 fully saturated rings. The lowest BCUT2D eigenvalue weighted by molar-refractivity contribution is -0.123. The van der Waals surface area contributed by atoms with Crippen molar-refractivity contribution < 1.29 is 9.53 Å². The van der Waals surface area contributed by atoms with Crippen LogP contribution in [0.2, 0.25) is 0 Å². The van der Waals surface area contributed by atoms with Gasteiger partial charge in [0.05, 0.1) is 0 Å². The summed E-state index contributed by atoms with van der Waals surface area (Å²) in [5, 5.41) is 2.92. The first-order valence-corrected chi connectivity index (χ1v) is 9.25. The van der Waals surface area contributed by atoms with E-state index in [1.54, 1.807) is 0 Å². The van der Waals surface area contributed by atoms with Crippen molar-refractivity contribution in [3.8, 4) is 5.75 Å². The van der Waals surface area contributed by atoms with Gasteiger partial charge in [-0.25, -0.2) is 0 Å². The summed E-state index contributed by atoms with van der Waals surface area (Å²) in [6.45, 7) is 12.9. The van der Waals surface area contributed by atoms with Crippen molar-refractivity contribution in [2.24, 2.45) is 0 Å². The van der Waals surface area contributed by atoms with Crippen LogP contribution in [-0.4, -0.2) is 25.6 Å². The summed E-state index contributed by atoms with van der Waals surface area (Å²) in [5.41, 5.74) is 5.68. The Kier molecular flexibility index (Phi) is 7.07. The van der Waals surface area contributed by atoms with Gasteiger partial charge >= 0.3 is 0 Å². The third-order valence-electron chi connectivity index (χ3n) is 4.68. The number of nitrogens with zero attached hydrogens (tertiary/aromatic N) is 1. The van der Waals surface area contributed by atoms with E-state index in [-0.39, 0.29) is 12.5 Å². The predicted molar refractivity (Wildman–Crippen MR) is 108 cm³/mol. The van der Waals surface area contributed by atoms with Gasteiger partial charge in [0.1, 0.15) is 5.75 Å². The summed E-state index contributed by atoms with van der Waals surface area (Å²) in [6.07, 6.45) is 0. The van der Waals surface area contributed by atoms with E-state index in [4.69, 9.17) is 4.74 Å². The van der Waals surface area contributed by atoms with E-state index in [2.05, 4.69) is 61.3 Å². The maximum absolute atomic E-state index is 12.1. The van der Waals surface area contributed by atoms with E-state index in [0.717, 1.165) is 35.5 Å². The fourth-order valence-corrected chi connectivity index (χ4v) is 2.96. The molecule has 4 heteroatoms. The van der Waals surface area contributed by atoms with Crippen LogP contribution in [-0.2, 0) is 11.3 Å². The first kappa shape index (κ1) is 19.8. The molecule has 4 nitrogen and oxygen atoms in total. The van der Waals surface area contributed by atoms with Crippen molar-refractivity contribution in [1.29, 1.82) is 0 Å². The smallest absolute Gasteiger partial charge is 0.258 e. The van der Waals surface area contributed by atoms with Gasteiger partial charge in [0.25, 0.3) is 5.91 Å². The normalized spacial score (nSPS) is 10.5. The average Bonchev–Trinajstić information content (AvgIpc) is 2.63. The van der Waals surface area contributed by atoms with Gasteiger partial charge in [0, 0.05) is 25.3 Å². The van der Waals surface area contributed by atoms with E-state index >= 15 is 0 Å². The molecule has 0 heterocycles. The van der Waals surface area contributed by atoms with Crippen molar-refractivity contribution in [2.45, 2.75) is 41.2 Å². The molecule has 0 atom stereocenters. The van der Waals surface area contributed by atoms with Crippen LogP contribution in [0.1, 0.15) is 36.1 Å². The molecule has 0 aliphatic rings. The zero-order valence-corrected chi connectivity index (χ0v) is 16.6. The minimum atomic E-state index is -0.114. The molecule has 2 rings (SSSR count). The number of ether oxygens (including phenoxy) is 1. The largest absolute Gasteiger partial charge is 0.483 e. The quantitative estimate of drug-likeness (QED) is 0.774. The fourth-order valence-electron chi connectivity index (χ4n) is 2.96. The van der Waals surface area contributed by atoms with Crippen LogP contribution in [0.3, 0.4) is 0 Å². The maximum Gasteiger partial charge on any atom is 0.258 e. The van der Waals surface area contributed by atoms with Crippen LogP contribution >= 0.6 is 0 Å². The highest BCUT2D eigenvalue weighted by Crippen LogP contribution is 2.23.